The first kappa shape index (κ1) is 15.0. The summed E-state index contributed by atoms with van der Waals surface area (Å²) in [6, 6.07) is 10.2. The summed E-state index contributed by atoms with van der Waals surface area (Å²) < 4.78 is 0. The first-order valence-electron chi connectivity index (χ1n) is 7.61. The molecule has 0 amide bonds. The molecule has 0 heterocycles. The Bertz CT molecular complexity index is 442. The molecule has 1 unspecified atom stereocenters. The fourth-order valence-electron chi connectivity index (χ4n) is 2.69. The molecule has 0 radical (unpaired) electrons. The predicted octanol–water partition coefficient (Wildman–Crippen LogP) is 3.29. The molecule has 1 fully saturated rings. The average Bonchev–Trinajstić information content (AvgIpc) is 3.28. The lowest BCUT2D eigenvalue weighted by molar-refractivity contribution is -0.144. The van der Waals surface area contributed by atoms with Gasteiger partial charge in [0.2, 0.25) is 0 Å². The summed E-state index contributed by atoms with van der Waals surface area (Å²) >= 11 is 0. The molecule has 1 aliphatic carbocycles. The van der Waals surface area contributed by atoms with Crippen LogP contribution < -0.4 is 0 Å². The minimum Gasteiger partial charge on any atom is -0.481 e. The Morgan fingerprint density at radius 1 is 1.35 bits per heavy atom. The Balaban J connectivity index is 2.17. The second-order valence-electron chi connectivity index (χ2n) is 6.06. The zero-order valence-corrected chi connectivity index (χ0v) is 12.5. The van der Waals surface area contributed by atoms with Crippen LogP contribution >= 0.6 is 0 Å². The molecule has 1 N–H and O–H groups in total. The van der Waals surface area contributed by atoms with Gasteiger partial charge in [-0.05, 0) is 38.3 Å². The van der Waals surface area contributed by atoms with Gasteiger partial charge in [0.05, 0.1) is 0 Å². The zero-order chi connectivity index (χ0) is 14.6. The third-order valence-corrected chi connectivity index (χ3v) is 4.26. The van der Waals surface area contributed by atoms with Crippen molar-refractivity contribution in [2.75, 3.05) is 13.1 Å². The minimum atomic E-state index is -0.822. The van der Waals surface area contributed by atoms with Crippen LogP contribution in [0.3, 0.4) is 0 Å². The monoisotopic (exact) mass is 275 g/mol. The third-order valence-electron chi connectivity index (χ3n) is 4.26. The molecule has 0 aromatic heterocycles. The number of rotatable bonds is 8. The van der Waals surface area contributed by atoms with Crippen molar-refractivity contribution in [1.82, 2.24) is 4.90 Å². The van der Waals surface area contributed by atoms with E-state index in [-0.39, 0.29) is 0 Å². The van der Waals surface area contributed by atoms with Crippen molar-refractivity contribution in [2.45, 2.75) is 51.0 Å². The van der Waals surface area contributed by atoms with Gasteiger partial charge >= 0.3 is 5.97 Å². The van der Waals surface area contributed by atoms with Crippen molar-refractivity contribution in [3.63, 3.8) is 0 Å². The van der Waals surface area contributed by atoms with Crippen LogP contribution in [0.5, 0.6) is 0 Å². The number of hydrogen-bond acceptors (Lipinski definition) is 2. The van der Waals surface area contributed by atoms with Gasteiger partial charge in [-0.25, -0.2) is 0 Å². The molecule has 1 saturated carbocycles. The Kier molecular flexibility index (Phi) is 4.81. The number of hydrogen-bond donors (Lipinski definition) is 1. The van der Waals surface area contributed by atoms with Crippen LogP contribution in [-0.2, 0) is 10.2 Å². The largest absolute Gasteiger partial charge is 0.481 e. The average molecular weight is 275 g/mol. The maximum atomic E-state index is 11.8. The van der Waals surface area contributed by atoms with E-state index in [1.807, 2.05) is 37.3 Å². The molecule has 2 rings (SSSR count). The predicted molar refractivity (Wildman–Crippen MR) is 80.9 cm³/mol. The first-order chi connectivity index (χ1) is 9.58. The maximum absolute atomic E-state index is 11.8. The van der Waals surface area contributed by atoms with Gasteiger partial charge < -0.3 is 5.11 Å². The van der Waals surface area contributed by atoms with Gasteiger partial charge in [-0.1, -0.05) is 43.7 Å². The minimum absolute atomic E-state index is 0.601. The summed E-state index contributed by atoms with van der Waals surface area (Å²) in [7, 11) is 0. The van der Waals surface area contributed by atoms with Gasteiger partial charge in [0.25, 0.3) is 0 Å². The highest BCUT2D eigenvalue weighted by Gasteiger charge is 2.40. The van der Waals surface area contributed by atoms with Gasteiger partial charge in [-0.3, -0.25) is 9.69 Å². The number of carbonyl (C=O) groups is 1. The fraction of sp³-hybridized carbons (Fsp3) is 0.588. The van der Waals surface area contributed by atoms with E-state index in [2.05, 4.69) is 11.8 Å². The highest BCUT2D eigenvalue weighted by atomic mass is 16.4. The van der Waals surface area contributed by atoms with Gasteiger partial charge in [0.1, 0.15) is 5.41 Å². The van der Waals surface area contributed by atoms with Gasteiger partial charge in [0.15, 0.2) is 0 Å². The highest BCUT2D eigenvalue weighted by molar-refractivity contribution is 5.81. The van der Waals surface area contributed by atoms with E-state index in [0.717, 1.165) is 24.9 Å². The second-order valence-corrected chi connectivity index (χ2v) is 6.06. The van der Waals surface area contributed by atoms with Crippen LogP contribution in [0, 0.1) is 0 Å². The maximum Gasteiger partial charge on any atom is 0.315 e. The number of nitrogens with zero attached hydrogens (tertiary/aromatic N) is 1. The van der Waals surface area contributed by atoms with Crippen molar-refractivity contribution < 1.29 is 9.90 Å². The lowest BCUT2D eigenvalue weighted by Crippen LogP contribution is -2.45. The smallest absolute Gasteiger partial charge is 0.315 e. The first-order valence-corrected chi connectivity index (χ1v) is 7.61. The molecule has 0 saturated heterocycles. The van der Waals surface area contributed by atoms with Crippen LogP contribution in [0.15, 0.2) is 30.3 Å². The number of aliphatic carboxylic acids is 1. The van der Waals surface area contributed by atoms with E-state index >= 15 is 0 Å². The molecule has 1 aromatic carbocycles. The van der Waals surface area contributed by atoms with Crippen molar-refractivity contribution in [3.8, 4) is 0 Å². The Morgan fingerprint density at radius 3 is 2.50 bits per heavy atom. The van der Waals surface area contributed by atoms with E-state index in [9.17, 15) is 9.90 Å². The lowest BCUT2D eigenvalue weighted by atomic mass is 9.82. The second kappa shape index (κ2) is 6.40. The molecule has 3 nitrogen and oxygen atoms in total. The van der Waals surface area contributed by atoms with Crippen molar-refractivity contribution in [3.05, 3.63) is 35.9 Å². The summed E-state index contributed by atoms with van der Waals surface area (Å²) in [6.45, 7) is 5.65. The lowest BCUT2D eigenvalue weighted by Gasteiger charge is -2.33. The zero-order valence-electron chi connectivity index (χ0n) is 12.5. The van der Waals surface area contributed by atoms with Crippen LogP contribution in [-0.4, -0.2) is 35.1 Å². The van der Waals surface area contributed by atoms with E-state index in [1.165, 1.54) is 12.8 Å². The molecule has 0 bridgehead atoms. The van der Waals surface area contributed by atoms with E-state index in [0.29, 0.717) is 12.6 Å². The Morgan fingerprint density at radius 2 is 2.00 bits per heavy atom. The molecule has 110 valence electrons. The Hall–Kier alpha value is -1.35. The molecule has 3 heteroatoms. The molecule has 20 heavy (non-hydrogen) atoms. The summed E-state index contributed by atoms with van der Waals surface area (Å²) in [5, 5.41) is 9.74. The van der Waals surface area contributed by atoms with Crippen molar-refractivity contribution in [2.24, 2.45) is 0 Å². The molecule has 1 aromatic rings. The third kappa shape index (κ3) is 3.40. The number of carboxylic acids is 1. The summed E-state index contributed by atoms with van der Waals surface area (Å²) in [5.74, 6) is -0.731. The Labute approximate surface area is 121 Å². The molecule has 0 spiro atoms. The number of benzene rings is 1. The van der Waals surface area contributed by atoms with Crippen molar-refractivity contribution in [1.29, 1.82) is 0 Å². The SMILES string of the molecule is CCCCN(CC(C)(C(=O)O)c1ccccc1)C1CC1. The topological polar surface area (TPSA) is 40.5 Å². The molecular weight excluding hydrogens is 250 g/mol. The van der Waals surface area contributed by atoms with Crippen LogP contribution in [0.2, 0.25) is 0 Å². The summed E-state index contributed by atoms with van der Waals surface area (Å²) in [4.78, 5) is 14.2. The summed E-state index contributed by atoms with van der Waals surface area (Å²) in [6.07, 6.45) is 4.72. The van der Waals surface area contributed by atoms with E-state index in [1.54, 1.807) is 0 Å². The van der Waals surface area contributed by atoms with Crippen LogP contribution in [0.25, 0.3) is 0 Å². The van der Waals surface area contributed by atoms with Gasteiger partial charge in [-0.2, -0.15) is 0 Å². The van der Waals surface area contributed by atoms with E-state index < -0.39 is 11.4 Å². The molecule has 1 aliphatic rings. The molecular formula is C17H25NO2. The van der Waals surface area contributed by atoms with Gasteiger partial charge in [0, 0.05) is 12.6 Å². The fourth-order valence-corrected chi connectivity index (χ4v) is 2.69. The van der Waals surface area contributed by atoms with Crippen molar-refractivity contribution >= 4 is 5.97 Å². The van der Waals surface area contributed by atoms with Crippen LogP contribution in [0.4, 0.5) is 0 Å². The number of unbranched alkanes of at least 4 members (excludes halogenated alkanes) is 1. The van der Waals surface area contributed by atoms with Crippen LogP contribution in [0.1, 0.15) is 45.1 Å². The normalized spacial score (nSPS) is 17.9. The molecule has 1 atom stereocenters. The molecule has 0 aliphatic heterocycles. The van der Waals surface area contributed by atoms with E-state index in [4.69, 9.17) is 0 Å². The van der Waals surface area contributed by atoms with Gasteiger partial charge in [-0.15, -0.1) is 0 Å². The number of carboxylic acid groups (broad SMARTS) is 1. The summed E-state index contributed by atoms with van der Waals surface area (Å²) in [5.41, 5.74) is 0.0760. The standard InChI is InChI=1S/C17H25NO2/c1-3-4-12-18(15-10-11-15)13-17(2,16(19)20)14-8-6-5-7-9-14/h5-9,15H,3-4,10-13H2,1-2H3,(H,19,20). The highest BCUT2D eigenvalue weighted by Crippen LogP contribution is 2.32. The quantitative estimate of drug-likeness (QED) is 0.791.